The molecule has 2 heterocycles. The number of nitrogens with zero attached hydrogens (tertiary/aromatic N) is 2. The van der Waals surface area contributed by atoms with E-state index < -0.39 is 11.8 Å². The van der Waals surface area contributed by atoms with Crippen LogP contribution in [-0.4, -0.2) is 41.3 Å². The molecule has 0 spiro atoms. The van der Waals surface area contributed by atoms with Gasteiger partial charge >= 0.3 is 0 Å². The van der Waals surface area contributed by atoms with Gasteiger partial charge < -0.3 is 14.8 Å². The van der Waals surface area contributed by atoms with Gasteiger partial charge in [-0.15, -0.1) is 0 Å². The van der Waals surface area contributed by atoms with E-state index in [1.165, 1.54) is 20.0 Å². The number of alkyl halides is 1. The van der Waals surface area contributed by atoms with Gasteiger partial charge in [0.1, 0.15) is 17.1 Å². The number of pyridine rings is 1. The predicted molar refractivity (Wildman–Crippen MR) is 150 cm³/mol. The number of halogens is 1. The number of likely N-dealkylation sites (N-methyl/N-ethyl adjacent to an activating group) is 1. The molecule has 7 nitrogen and oxygen atoms in total. The van der Waals surface area contributed by atoms with Crippen LogP contribution in [0.25, 0.3) is 16.6 Å². The Morgan fingerprint density at radius 2 is 2.00 bits per heavy atom. The number of carbonyl (C=O) groups is 2. The van der Waals surface area contributed by atoms with E-state index in [9.17, 15) is 14.0 Å². The summed E-state index contributed by atoms with van der Waals surface area (Å²) in [6.45, 7) is 11.8. The van der Waals surface area contributed by atoms with Crippen molar-refractivity contribution in [1.29, 1.82) is 0 Å². The summed E-state index contributed by atoms with van der Waals surface area (Å²) in [5, 5.41) is 7.39. The predicted octanol–water partition coefficient (Wildman–Crippen LogP) is 6.29. The zero-order valence-electron chi connectivity index (χ0n) is 23.4. The largest absolute Gasteiger partial charge is 0.496 e. The lowest BCUT2D eigenvalue weighted by atomic mass is 9.84. The van der Waals surface area contributed by atoms with Crippen molar-refractivity contribution in [3.8, 4) is 22.6 Å². The Kier molecular flexibility index (Phi) is 8.42. The van der Waals surface area contributed by atoms with Crippen molar-refractivity contribution in [1.82, 2.24) is 14.9 Å². The zero-order valence-corrected chi connectivity index (χ0v) is 23.4. The molecule has 1 amide bonds. The minimum atomic E-state index is -1.79. The van der Waals surface area contributed by atoms with Gasteiger partial charge in [0.2, 0.25) is 5.91 Å². The molecule has 1 fully saturated rings. The first kappa shape index (κ1) is 28.3. The standard InChI is InChI=1S/C31H38FN3O4/c1-7-28(32)39-27-16-21(15-26(38-6)29(27)25(36)14-9-19(3)20-10-11-20)23-17-34-35-18-22(12-13-24(23)35)31(4,5)30(37)33-8-2/h7,12-13,15-20,28H,1,8-11,14H2,2-6H3,(H,33,37). The van der Waals surface area contributed by atoms with E-state index in [1.807, 2.05) is 39.1 Å². The van der Waals surface area contributed by atoms with Crippen LogP contribution in [0.2, 0.25) is 0 Å². The maximum Gasteiger partial charge on any atom is 0.257 e. The number of rotatable bonds is 13. The molecule has 8 heteroatoms. The Morgan fingerprint density at radius 1 is 1.28 bits per heavy atom. The minimum absolute atomic E-state index is 0.0713. The van der Waals surface area contributed by atoms with Crippen molar-refractivity contribution in [2.45, 2.75) is 65.2 Å². The Bertz CT molecular complexity index is 1380. The number of amides is 1. The average Bonchev–Trinajstić information content (AvgIpc) is 3.69. The molecule has 39 heavy (non-hydrogen) atoms. The van der Waals surface area contributed by atoms with Gasteiger partial charge in [-0.05, 0) is 87.3 Å². The lowest BCUT2D eigenvalue weighted by Gasteiger charge is -2.23. The Morgan fingerprint density at radius 3 is 2.64 bits per heavy atom. The monoisotopic (exact) mass is 535 g/mol. The first-order valence-electron chi connectivity index (χ1n) is 13.6. The summed E-state index contributed by atoms with van der Waals surface area (Å²) in [6.07, 6.45) is 6.30. The van der Waals surface area contributed by atoms with Crippen LogP contribution in [0.5, 0.6) is 11.5 Å². The molecule has 3 aromatic rings. The third-order valence-electron chi connectivity index (χ3n) is 7.70. The van der Waals surface area contributed by atoms with Crippen LogP contribution in [0.3, 0.4) is 0 Å². The van der Waals surface area contributed by atoms with E-state index in [-0.39, 0.29) is 23.0 Å². The highest BCUT2D eigenvalue weighted by Gasteiger charge is 2.31. The third-order valence-corrected chi connectivity index (χ3v) is 7.70. The molecule has 1 N–H and O–H groups in total. The minimum Gasteiger partial charge on any atom is -0.496 e. The number of hydrogen-bond acceptors (Lipinski definition) is 5. The van der Waals surface area contributed by atoms with E-state index in [2.05, 4.69) is 23.9 Å². The van der Waals surface area contributed by atoms with Crippen LogP contribution in [-0.2, 0) is 10.2 Å². The first-order valence-corrected chi connectivity index (χ1v) is 13.6. The molecule has 0 saturated heterocycles. The Hall–Kier alpha value is -3.68. The van der Waals surface area contributed by atoms with Gasteiger partial charge in [0.05, 0.1) is 24.2 Å². The second-order valence-electron chi connectivity index (χ2n) is 10.8. The maximum absolute atomic E-state index is 14.4. The molecule has 1 aliphatic rings. The highest BCUT2D eigenvalue weighted by Crippen LogP contribution is 2.41. The summed E-state index contributed by atoms with van der Waals surface area (Å²) >= 11 is 0. The molecule has 4 rings (SSSR count). The number of ketones is 1. The molecule has 2 atom stereocenters. The number of carbonyl (C=O) groups excluding carboxylic acids is 2. The van der Waals surface area contributed by atoms with E-state index in [0.29, 0.717) is 36.1 Å². The lowest BCUT2D eigenvalue weighted by molar-refractivity contribution is -0.125. The normalized spacial score (nSPS) is 15.0. The summed E-state index contributed by atoms with van der Waals surface area (Å²) in [5.74, 6) is 1.36. The van der Waals surface area contributed by atoms with Crippen LogP contribution in [0.4, 0.5) is 4.39 Å². The molecule has 2 unspecified atom stereocenters. The van der Waals surface area contributed by atoms with Crippen molar-refractivity contribution in [2.24, 2.45) is 11.8 Å². The molecule has 1 aliphatic carbocycles. The summed E-state index contributed by atoms with van der Waals surface area (Å²) in [4.78, 5) is 26.0. The van der Waals surface area contributed by atoms with Crippen molar-refractivity contribution in [3.05, 3.63) is 60.4 Å². The lowest BCUT2D eigenvalue weighted by Crippen LogP contribution is -2.40. The summed E-state index contributed by atoms with van der Waals surface area (Å²) in [6, 6.07) is 7.21. The van der Waals surface area contributed by atoms with Crippen LogP contribution in [0.1, 0.15) is 69.3 Å². The second-order valence-corrected chi connectivity index (χ2v) is 10.8. The summed E-state index contributed by atoms with van der Waals surface area (Å²) < 4.78 is 27.3. The number of aromatic nitrogens is 2. The van der Waals surface area contributed by atoms with Gasteiger partial charge in [-0.3, -0.25) is 9.59 Å². The van der Waals surface area contributed by atoms with Gasteiger partial charge in [0, 0.05) is 24.7 Å². The SMILES string of the molecule is C=CC(F)Oc1cc(-c2cnn3cc(C(C)(C)C(=O)NCC)ccc23)cc(OC)c1C(=O)CCC(C)C1CC1. The molecule has 0 radical (unpaired) electrons. The summed E-state index contributed by atoms with van der Waals surface area (Å²) in [7, 11) is 1.48. The third kappa shape index (κ3) is 6.00. The molecular formula is C31H38FN3O4. The number of methoxy groups -OCH3 is 1. The van der Waals surface area contributed by atoms with Gasteiger partial charge in [-0.1, -0.05) is 19.6 Å². The van der Waals surface area contributed by atoms with E-state index in [0.717, 1.165) is 29.1 Å². The molecule has 2 aromatic heterocycles. The van der Waals surface area contributed by atoms with Gasteiger partial charge in [0.25, 0.3) is 6.36 Å². The highest BCUT2D eigenvalue weighted by atomic mass is 19.1. The van der Waals surface area contributed by atoms with Crippen LogP contribution < -0.4 is 14.8 Å². The van der Waals surface area contributed by atoms with Gasteiger partial charge in [0.15, 0.2) is 5.78 Å². The fraction of sp³-hybridized carbons (Fsp3) is 0.452. The van der Waals surface area contributed by atoms with Crippen LogP contribution in [0, 0.1) is 11.8 Å². The topological polar surface area (TPSA) is 81.9 Å². The molecule has 1 saturated carbocycles. The molecule has 0 aliphatic heterocycles. The van der Waals surface area contributed by atoms with E-state index >= 15 is 0 Å². The Labute approximate surface area is 229 Å². The van der Waals surface area contributed by atoms with E-state index in [1.54, 1.807) is 22.8 Å². The number of hydrogen-bond donors (Lipinski definition) is 1. The van der Waals surface area contributed by atoms with E-state index in [4.69, 9.17) is 9.47 Å². The number of benzene rings is 1. The second kappa shape index (κ2) is 11.6. The van der Waals surface area contributed by atoms with Crippen molar-refractivity contribution in [2.75, 3.05) is 13.7 Å². The molecule has 1 aromatic carbocycles. The number of nitrogens with one attached hydrogen (secondary N) is 1. The number of Topliss-reactive ketones (excluding diaryl/α,β-unsaturated/α-hetero) is 1. The molecule has 208 valence electrons. The summed E-state index contributed by atoms with van der Waals surface area (Å²) in [5.41, 5.74) is 2.47. The quantitative estimate of drug-likeness (QED) is 0.205. The van der Waals surface area contributed by atoms with Gasteiger partial charge in [-0.25, -0.2) is 4.52 Å². The molecular weight excluding hydrogens is 497 g/mol. The van der Waals surface area contributed by atoms with Crippen molar-refractivity contribution in [3.63, 3.8) is 0 Å². The average molecular weight is 536 g/mol. The first-order chi connectivity index (χ1) is 18.6. The highest BCUT2D eigenvalue weighted by molar-refractivity contribution is 6.02. The number of fused-ring (bicyclic) bond motifs is 1. The van der Waals surface area contributed by atoms with Gasteiger partial charge in [-0.2, -0.15) is 9.49 Å². The fourth-order valence-electron chi connectivity index (χ4n) is 4.92. The maximum atomic E-state index is 14.4. The van der Waals surface area contributed by atoms with Crippen LogP contribution >= 0.6 is 0 Å². The van der Waals surface area contributed by atoms with Crippen molar-refractivity contribution < 1.29 is 23.5 Å². The fourth-order valence-corrected chi connectivity index (χ4v) is 4.92. The zero-order chi connectivity index (χ0) is 28.3. The Balaban J connectivity index is 1.73. The van der Waals surface area contributed by atoms with Crippen LogP contribution in [0.15, 0.2) is 49.3 Å². The number of ether oxygens (including phenoxy) is 2. The van der Waals surface area contributed by atoms with Crippen molar-refractivity contribution >= 4 is 17.2 Å². The molecule has 0 bridgehead atoms. The smallest absolute Gasteiger partial charge is 0.257 e.